The summed E-state index contributed by atoms with van der Waals surface area (Å²) in [7, 11) is 0. The molecule has 0 unspecified atom stereocenters. The summed E-state index contributed by atoms with van der Waals surface area (Å²) in [5, 5.41) is 23.9. The average Bonchev–Trinajstić information content (AvgIpc) is 3.71. The Labute approximate surface area is 259 Å². The van der Waals surface area contributed by atoms with Gasteiger partial charge in [-0.05, 0) is 64.9 Å². The number of tetrazole rings is 1. The number of esters is 1. The van der Waals surface area contributed by atoms with Crippen LogP contribution >= 0.6 is 0 Å². The molecule has 5 aromatic rings. The third kappa shape index (κ3) is 7.80. The summed E-state index contributed by atoms with van der Waals surface area (Å²) in [6, 6.07) is 21.9. The first-order valence-corrected chi connectivity index (χ1v) is 14.9. The van der Waals surface area contributed by atoms with E-state index in [2.05, 4.69) is 30.4 Å². The van der Waals surface area contributed by atoms with Crippen molar-refractivity contribution in [1.29, 1.82) is 0 Å². The lowest BCUT2D eigenvalue weighted by molar-refractivity contribution is -0.759. The van der Waals surface area contributed by atoms with Gasteiger partial charge < -0.3 is 14.3 Å². The van der Waals surface area contributed by atoms with Crippen LogP contribution in [-0.2, 0) is 16.1 Å². The Morgan fingerprint density at radius 1 is 1.02 bits per heavy atom. The number of imidazole rings is 1. The van der Waals surface area contributed by atoms with E-state index in [4.69, 9.17) is 9.47 Å². The van der Waals surface area contributed by atoms with Gasteiger partial charge in [0.2, 0.25) is 0 Å². The molecule has 0 spiro atoms. The predicted octanol–water partition coefficient (Wildman–Crippen LogP) is 5.89. The van der Waals surface area contributed by atoms with Crippen molar-refractivity contribution < 1.29 is 24.2 Å². The Morgan fingerprint density at radius 2 is 1.82 bits per heavy atom. The lowest BCUT2D eigenvalue weighted by Gasteiger charge is -2.13. The van der Waals surface area contributed by atoms with Crippen molar-refractivity contribution >= 4 is 17.0 Å². The minimum Gasteiger partial charge on any atom is -0.465 e. The number of carbonyl (C=O) groups is 1. The van der Waals surface area contributed by atoms with E-state index in [1.54, 1.807) is 12.1 Å². The molecule has 0 fully saturated rings. The van der Waals surface area contributed by atoms with Crippen LogP contribution in [0.1, 0.15) is 55.5 Å². The highest BCUT2D eigenvalue weighted by atomic mass is 16.9. The van der Waals surface area contributed by atoms with Crippen molar-refractivity contribution in [2.75, 3.05) is 19.8 Å². The van der Waals surface area contributed by atoms with Gasteiger partial charge in [0.05, 0.1) is 43.0 Å². The Kier molecular flexibility index (Phi) is 10.3. The van der Waals surface area contributed by atoms with Crippen LogP contribution in [0.5, 0.6) is 6.01 Å². The third-order valence-electron chi connectivity index (χ3n) is 7.40. The van der Waals surface area contributed by atoms with Gasteiger partial charge in [0.25, 0.3) is 11.1 Å². The summed E-state index contributed by atoms with van der Waals surface area (Å²) >= 11 is 0. The van der Waals surface area contributed by atoms with Gasteiger partial charge in [-0.2, -0.15) is 4.98 Å². The number of unbranched alkanes of at least 4 members (excludes halogenated alkanes) is 2. The first-order valence-electron chi connectivity index (χ1n) is 14.9. The molecular weight excluding hydrogens is 578 g/mol. The minimum atomic E-state index is -0.767. The fraction of sp³-hybridized carbons (Fsp3) is 0.344. The second-order valence-electron chi connectivity index (χ2n) is 10.7. The lowest BCUT2D eigenvalue weighted by Crippen LogP contribution is -2.11. The van der Waals surface area contributed by atoms with Crippen LogP contribution in [0.15, 0.2) is 66.7 Å². The number of benzene rings is 3. The number of hydrogen-bond acceptors (Lipinski definition) is 10. The van der Waals surface area contributed by atoms with E-state index in [-0.39, 0.29) is 19.1 Å². The summed E-state index contributed by atoms with van der Waals surface area (Å²) < 4.78 is 13.4. The number of ether oxygens (including phenoxy) is 2. The van der Waals surface area contributed by atoms with E-state index in [0.717, 1.165) is 41.5 Å². The van der Waals surface area contributed by atoms with E-state index >= 15 is 0 Å². The fourth-order valence-corrected chi connectivity index (χ4v) is 5.19. The van der Waals surface area contributed by atoms with Crippen LogP contribution in [-0.4, -0.2) is 61.1 Å². The topological polar surface area (TPSA) is 160 Å². The molecule has 3 aromatic carbocycles. The molecule has 1 N–H and O–H groups in total. The molecule has 1 atom stereocenters. The summed E-state index contributed by atoms with van der Waals surface area (Å²) in [6.07, 6.45) is 3.19. The molecule has 0 aliphatic rings. The zero-order valence-electron chi connectivity index (χ0n) is 25.2. The Balaban J connectivity index is 1.28. The van der Waals surface area contributed by atoms with Gasteiger partial charge in [0, 0.05) is 5.56 Å². The van der Waals surface area contributed by atoms with Gasteiger partial charge in [-0.3, -0.25) is 4.57 Å². The molecule has 45 heavy (non-hydrogen) atoms. The maximum Gasteiger partial charge on any atom is 0.340 e. The summed E-state index contributed by atoms with van der Waals surface area (Å²) in [5.41, 5.74) is 5.61. The maximum atomic E-state index is 13.3. The quantitative estimate of drug-likeness (QED) is 0.0615. The van der Waals surface area contributed by atoms with Gasteiger partial charge in [-0.15, -0.1) is 15.2 Å². The highest BCUT2D eigenvalue weighted by molar-refractivity contribution is 6.02. The highest BCUT2D eigenvalue weighted by Crippen LogP contribution is 2.31. The van der Waals surface area contributed by atoms with Crippen molar-refractivity contribution in [3.8, 4) is 28.5 Å². The predicted molar refractivity (Wildman–Crippen MR) is 166 cm³/mol. The number of aromatic amines is 1. The second-order valence-corrected chi connectivity index (χ2v) is 10.7. The van der Waals surface area contributed by atoms with Gasteiger partial charge in [-0.1, -0.05) is 74.4 Å². The molecular formula is C32H35N7O6. The van der Waals surface area contributed by atoms with Crippen molar-refractivity contribution in [3.63, 3.8) is 0 Å². The molecule has 2 heterocycles. The first-order chi connectivity index (χ1) is 21.9. The summed E-state index contributed by atoms with van der Waals surface area (Å²) in [6.45, 7) is 5.02. The zero-order valence-corrected chi connectivity index (χ0v) is 25.2. The first kappa shape index (κ1) is 31.1. The maximum absolute atomic E-state index is 13.3. The molecule has 5 rings (SSSR count). The Morgan fingerprint density at radius 3 is 2.56 bits per heavy atom. The molecule has 0 saturated carbocycles. The van der Waals surface area contributed by atoms with E-state index in [1.807, 2.05) is 73.0 Å². The number of rotatable bonds is 16. The van der Waals surface area contributed by atoms with Crippen LogP contribution in [0.25, 0.3) is 33.5 Å². The van der Waals surface area contributed by atoms with Crippen LogP contribution in [0.2, 0.25) is 0 Å². The smallest absolute Gasteiger partial charge is 0.340 e. The SMILES string of the molecule is CCOc1nc2cccc(C(=O)OCCCCC[C@@H](C)CO[N+](=O)[O-])c2n1Cc1ccc(-c2ccccc2-c2nnn[nH]2)cc1. The van der Waals surface area contributed by atoms with Crippen LogP contribution in [0, 0.1) is 16.0 Å². The number of hydrogen-bond donors (Lipinski definition) is 1. The van der Waals surface area contributed by atoms with Gasteiger partial charge in [0.15, 0.2) is 5.82 Å². The lowest BCUT2D eigenvalue weighted by atomic mass is 9.98. The third-order valence-corrected chi connectivity index (χ3v) is 7.40. The summed E-state index contributed by atoms with van der Waals surface area (Å²) in [5.74, 6) is 0.251. The molecule has 13 heteroatoms. The molecule has 0 radical (unpaired) electrons. The molecule has 0 aliphatic carbocycles. The zero-order chi connectivity index (χ0) is 31.6. The molecule has 2 aromatic heterocycles. The molecule has 0 amide bonds. The van der Waals surface area contributed by atoms with Gasteiger partial charge >= 0.3 is 5.97 Å². The number of para-hydroxylation sites is 1. The summed E-state index contributed by atoms with van der Waals surface area (Å²) in [4.78, 5) is 32.7. The number of fused-ring (bicyclic) bond motifs is 1. The fourth-order valence-electron chi connectivity index (χ4n) is 5.19. The minimum absolute atomic E-state index is 0.0826. The second kappa shape index (κ2) is 14.9. The van der Waals surface area contributed by atoms with Crippen molar-refractivity contribution in [1.82, 2.24) is 30.2 Å². The number of H-pyrrole nitrogens is 1. The number of nitrogens with one attached hydrogen (secondary N) is 1. The molecule has 0 saturated heterocycles. The number of aromatic nitrogens is 6. The van der Waals surface area contributed by atoms with E-state index in [9.17, 15) is 14.9 Å². The molecule has 13 nitrogen and oxygen atoms in total. The number of carbonyl (C=O) groups excluding carboxylic acids is 1. The number of nitrogens with zero attached hydrogens (tertiary/aromatic N) is 6. The van der Waals surface area contributed by atoms with Crippen molar-refractivity contribution in [3.05, 3.63) is 88.0 Å². The molecule has 0 aliphatic heterocycles. The van der Waals surface area contributed by atoms with Crippen molar-refractivity contribution in [2.24, 2.45) is 5.92 Å². The molecule has 0 bridgehead atoms. The van der Waals surface area contributed by atoms with E-state index in [0.29, 0.717) is 48.0 Å². The standard InChI is InChI=1S/C32H35N7O6/c1-3-43-32-33-28-14-9-13-27(31(40)44-19-8-4-5-10-22(2)21-45-39(41)42)29(28)38(32)20-23-15-17-24(18-16-23)25-11-6-7-12-26(25)30-34-36-37-35-30/h6-7,9,11-18,22H,3-5,8,10,19-21H2,1-2H3,(H,34,35,36,37)/t22-/m1/s1. The normalized spacial score (nSPS) is 11.8. The Bertz CT molecular complexity index is 1720. The van der Waals surface area contributed by atoms with Crippen molar-refractivity contribution in [2.45, 2.75) is 46.1 Å². The van der Waals surface area contributed by atoms with Crippen LogP contribution < -0.4 is 4.74 Å². The van der Waals surface area contributed by atoms with Crippen LogP contribution in [0.4, 0.5) is 0 Å². The molecule has 234 valence electrons. The van der Waals surface area contributed by atoms with Gasteiger partial charge in [0.1, 0.15) is 0 Å². The monoisotopic (exact) mass is 613 g/mol. The van der Waals surface area contributed by atoms with Crippen LogP contribution in [0.3, 0.4) is 0 Å². The Hall–Kier alpha value is -5.33. The van der Waals surface area contributed by atoms with Gasteiger partial charge in [-0.25, -0.2) is 9.89 Å². The largest absolute Gasteiger partial charge is 0.465 e. The van der Waals surface area contributed by atoms with E-state index in [1.165, 1.54) is 0 Å². The highest BCUT2D eigenvalue weighted by Gasteiger charge is 2.20. The average molecular weight is 614 g/mol. The van der Waals surface area contributed by atoms with E-state index < -0.39 is 11.1 Å².